The van der Waals surface area contributed by atoms with Crippen LogP contribution in [-0.2, 0) is 9.47 Å². The van der Waals surface area contributed by atoms with E-state index in [2.05, 4.69) is 29.5 Å². The molecule has 1 unspecified atom stereocenters. The van der Waals surface area contributed by atoms with E-state index < -0.39 is 6.10 Å². The van der Waals surface area contributed by atoms with Crippen LogP contribution < -0.4 is 10.6 Å². The minimum absolute atomic E-state index is 0. The van der Waals surface area contributed by atoms with Crippen molar-refractivity contribution in [3.63, 3.8) is 0 Å². The maximum atomic E-state index is 9.78. The number of halogens is 1. The van der Waals surface area contributed by atoms with Crippen LogP contribution in [0.15, 0.2) is 4.99 Å². The van der Waals surface area contributed by atoms with E-state index in [4.69, 9.17) is 9.47 Å². The highest BCUT2D eigenvalue weighted by molar-refractivity contribution is 14.0. The summed E-state index contributed by atoms with van der Waals surface area (Å²) in [5.74, 6) is 1.17. The molecule has 0 saturated carbocycles. The van der Waals surface area contributed by atoms with Crippen molar-refractivity contribution in [2.24, 2.45) is 10.9 Å². The molecule has 0 aromatic rings. The zero-order valence-electron chi connectivity index (χ0n) is 13.7. The molecule has 0 aromatic heterocycles. The van der Waals surface area contributed by atoms with Crippen molar-refractivity contribution < 1.29 is 14.6 Å². The highest BCUT2D eigenvalue weighted by atomic mass is 127. The van der Waals surface area contributed by atoms with Crippen LogP contribution >= 0.6 is 24.0 Å². The molecule has 0 saturated heterocycles. The highest BCUT2D eigenvalue weighted by Gasteiger charge is 2.05. The third kappa shape index (κ3) is 16.1. The van der Waals surface area contributed by atoms with Crippen LogP contribution in [0.1, 0.15) is 27.7 Å². The minimum Gasteiger partial charge on any atom is -0.389 e. The molecule has 6 nitrogen and oxygen atoms in total. The van der Waals surface area contributed by atoms with E-state index in [1.807, 2.05) is 13.8 Å². The summed E-state index contributed by atoms with van der Waals surface area (Å²) >= 11 is 0. The summed E-state index contributed by atoms with van der Waals surface area (Å²) in [7, 11) is 0. The number of guanidine groups is 1. The SMILES string of the molecule is CCNC(=NCC(O)COCC(C)C)NCCOCC.I. The Morgan fingerprint density at radius 1 is 1.14 bits per heavy atom. The summed E-state index contributed by atoms with van der Waals surface area (Å²) in [6, 6.07) is 0. The van der Waals surface area contributed by atoms with Crippen LogP contribution in [0.4, 0.5) is 0 Å². The second-order valence-corrected chi connectivity index (χ2v) is 4.93. The second kappa shape index (κ2) is 16.3. The van der Waals surface area contributed by atoms with Gasteiger partial charge < -0.3 is 25.2 Å². The van der Waals surface area contributed by atoms with Crippen molar-refractivity contribution >= 4 is 29.9 Å². The summed E-state index contributed by atoms with van der Waals surface area (Å²) < 4.78 is 10.6. The Labute approximate surface area is 146 Å². The van der Waals surface area contributed by atoms with Gasteiger partial charge in [-0.05, 0) is 19.8 Å². The van der Waals surface area contributed by atoms with Gasteiger partial charge in [0.05, 0.1) is 25.9 Å². The standard InChI is InChI=1S/C14H31N3O3.HI/c1-5-15-14(16-7-8-19-6-2)17-9-13(18)11-20-10-12(3)4;/h12-13,18H,5-11H2,1-4H3,(H2,15,16,17);1H. The fraction of sp³-hybridized carbons (Fsp3) is 0.929. The van der Waals surface area contributed by atoms with Gasteiger partial charge in [0.15, 0.2) is 5.96 Å². The average molecular weight is 417 g/mol. The molecule has 0 aliphatic carbocycles. The molecule has 0 rings (SSSR count). The molecule has 3 N–H and O–H groups in total. The Bertz CT molecular complexity index is 254. The van der Waals surface area contributed by atoms with Crippen LogP contribution in [0.5, 0.6) is 0 Å². The van der Waals surface area contributed by atoms with Crippen molar-refractivity contribution in [1.29, 1.82) is 0 Å². The number of rotatable bonds is 11. The van der Waals surface area contributed by atoms with Crippen LogP contribution in [0.3, 0.4) is 0 Å². The zero-order valence-corrected chi connectivity index (χ0v) is 16.1. The maximum Gasteiger partial charge on any atom is 0.191 e. The normalized spacial score (nSPS) is 13.0. The fourth-order valence-electron chi connectivity index (χ4n) is 1.42. The van der Waals surface area contributed by atoms with Gasteiger partial charge in [0.2, 0.25) is 0 Å². The van der Waals surface area contributed by atoms with Gasteiger partial charge >= 0.3 is 0 Å². The van der Waals surface area contributed by atoms with Crippen LogP contribution in [0.25, 0.3) is 0 Å². The number of hydrogen-bond acceptors (Lipinski definition) is 4. The number of aliphatic hydroxyl groups excluding tert-OH is 1. The lowest BCUT2D eigenvalue weighted by molar-refractivity contribution is 0.0301. The second-order valence-electron chi connectivity index (χ2n) is 4.93. The molecule has 0 bridgehead atoms. The molecule has 0 spiro atoms. The first-order chi connectivity index (χ1) is 9.60. The Morgan fingerprint density at radius 3 is 2.43 bits per heavy atom. The third-order valence-electron chi connectivity index (χ3n) is 2.31. The number of nitrogens with one attached hydrogen (secondary N) is 2. The molecule has 128 valence electrons. The molecular weight excluding hydrogens is 385 g/mol. The molecule has 0 heterocycles. The molecule has 0 aliphatic rings. The number of aliphatic hydroxyl groups is 1. The summed E-state index contributed by atoms with van der Waals surface area (Å²) in [5, 5.41) is 16.0. The average Bonchev–Trinajstić information content (AvgIpc) is 2.40. The molecule has 21 heavy (non-hydrogen) atoms. The van der Waals surface area contributed by atoms with Gasteiger partial charge in [-0.1, -0.05) is 13.8 Å². The van der Waals surface area contributed by atoms with Crippen molar-refractivity contribution in [2.75, 3.05) is 46.1 Å². The predicted octanol–water partition coefficient (Wildman–Crippen LogP) is 1.23. The zero-order chi connectivity index (χ0) is 15.2. The van der Waals surface area contributed by atoms with Crippen molar-refractivity contribution in [3.05, 3.63) is 0 Å². The van der Waals surface area contributed by atoms with Gasteiger partial charge in [-0.25, -0.2) is 0 Å². The number of hydrogen-bond donors (Lipinski definition) is 3. The summed E-state index contributed by atoms with van der Waals surface area (Å²) in [4.78, 5) is 4.32. The number of ether oxygens (including phenoxy) is 2. The van der Waals surface area contributed by atoms with Gasteiger partial charge in [0.1, 0.15) is 0 Å². The van der Waals surface area contributed by atoms with Crippen LogP contribution in [0, 0.1) is 5.92 Å². The van der Waals surface area contributed by atoms with Crippen molar-refractivity contribution in [1.82, 2.24) is 10.6 Å². The Kier molecular flexibility index (Phi) is 17.9. The van der Waals surface area contributed by atoms with Gasteiger partial charge in [0, 0.05) is 26.3 Å². The smallest absolute Gasteiger partial charge is 0.191 e. The summed E-state index contributed by atoms with van der Waals surface area (Å²) in [5.41, 5.74) is 0. The van der Waals surface area contributed by atoms with Crippen molar-refractivity contribution in [3.8, 4) is 0 Å². The largest absolute Gasteiger partial charge is 0.389 e. The van der Waals surface area contributed by atoms with E-state index in [0.29, 0.717) is 51.4 Å². The van der Waals surface area contributed by atoms with E-state index in [1.54, 1.807) is 0 Å². The van der Waals surface area contributed by atoms with E-state index in [1.165, 1.54) is 0 Å². The van der Waals surface area contributed by atoms with Crippen LogP contribution in [0.2, 0.25) is 0 Å². The minimum atomic E-state index is -0.573. The molecule has 0 amide bonds. The first kappa shape index (κ1) is 23.2. The van der Waals surface area contributed by atoms with Crippen LogP contribution in [-0.4, -0.2) is 63.2 Å². The quantitative estimate of drug-likeness (QED) is 0.204. The maximum absolute atomic E-state index is 9.78. The third-order valence-corrected chi connectivity index (χ3v) is 2.31. The van der Waals surface area contributed by atoms with E-state index >= 15 is 0 Å². The topological polar surface area (TPSA) is 75.1 Å². The summed E-state index contributed by atoms with van der Waals surface area (Å²) in [6.45, 7) is 12.2. The van der Waals surface area contributed by atoms with E-state index in [-0.39, 0.29) is 24.0 Å². The molecule has 0 fully saturated rings. The molecule has 0 aromatic carbocycles. The van der Waals surface area contributed by atoms with E-state index in [0.717, 1.165) is 6.54 Å². The van der Waals surface area contributed by atoms with Gasteiger partial charge in [-0.2, -0.15) is 0 Å². The predicted molar refractivity (Wildman–Crippen MR) is 97.6 cm³/mol. The monoisotopic (exact) mass is 417 g/mol. The Balaban J connectivity index is 0. The van der Waals surface area contributed by atoms with Crippen molar-refractivity contribution in [2.45, 2.75) is 33.8 Å². The highest BCUT2D eigenvalue weighted by Crippen LogP contribution is 1.94. The Morgan fingerprint density at radius 2 is 1.86 bits per heavy atom. The van der Waals surface area contributed by atoms with Gasteiger partial charge in [-0.15, -0.1) is 24.0 Å². The molecular formula is C14H32IN3O3. The lowest BCUT2D eigenvalue weighted by atomic mass is 10.2. The number of nitrogens with zero attached hydrogens (tertiary/aromatic N) is 1. The summed E-state index contributed by atoms with van der Waals surface area (Å²) in [6.07, 6.45) is -0.573. The van der Waals surface area contributed by atoms with Gasteiger partial charge in [-0.3, -0.25) is 4.99 Å². The molecule has 0 aliphatic heterocycles. The lowest BCUT2D eigenvalue weighted by Crippen LogP contribution is -2.39. The first-order valence-corrected chi connectivity index (χ1v) is 7.45. The fourth-order valence-corrected chi connectivity index (χ4v) is 1.42. The van der Waals surface area contributed by atoms with Gasteiger partial charge in [0.25, 0.3) is 0 Å². The Hall–Kier alpha value is -0.120. The molecule has 7 heteroatoms. The number of aliphatic imine (C=N–C) groups is 1. The molecule has 0 radical (unpaired) electrons. The first-order valence-electron chi connectivity index (χ1n) is 7.45. The molecule has 1 atom stereocenters. The lowest BCUT2D eigenvalue weighted by Gasteiger charge is -2.14. The van der Waals surface area contributed by atoms with E-state index in [9.17, 15) is 5.11 Å².